The second-order valence-electron chi connectivity index (χ2n) is 6.64. The lowest BCUT2D eigenvalue weighted by molar-refractivity contribution is -0.116. The molecular weight excluding hydrogens is 390 g/mol. The van der Waals surface area contributed by atoms with Gasteiger partial charge in [0.2, 0.25) is 11.8 Å². The third-order valence-electron chi connectivity index (χ3n) is 3.80. The van der Waals surface area contributed by atoms with Gasteiger partial charge in [0.25, 0.3) is 0 Å². The number of para-hydroxylation sites is 2. The first-order chi connectivity index (χ1) is 13.9. The molecule has 0 saturated carbocycles. The predicted octanol–water partition coefficient (Wildman–Crippen LogP) is 5.08. The zero-order chi connectivity index (χ0) is 21.2. The highest BCUT2D eigenvalue weighted by Gasteiger charge is 2.10. The molecule has 29 heavy (non-hydrogen) atoms. The van der Waals surface area contributed by atoms with Gasteiger partial charge in [0.1, 0.15) is 12.4 Å². The smallest absolute Gasteiger partial charge is 0.243 e. The lowest BCUT2D eigenvalue weighted by atomic mass is 10.2. The van der Waals surface area contributed by atoms with Gasteiger partial charge in [0.15, 0.2) is 0 Å². The van der Waals surface area contributed by atoms with E-state index in [1.54, 1.807) is 18.2 Å². The highest BCUT2D eigenvalue weighted by atomic mass is 35.5. The molecule has 0 aliphatic carbocycles. The Balaban J connectivity index is 1.98. The minimum atomic E-state index is -0.279. The highest BCUT2D eigenvalue weighted by Crippen LogP contribution is 2.26. The summed E-state index contributed by atoms with van der Waals surface area (Å²) in [6.45, 7) is 8.05. The van der Waals surface area contributed by atoms with E-state index in [-0.39, 0.29) is 18.4 Å². The van der Waals surface area contributed by atoms with Gasteiger partial charge in [-0.2, -0.15) is 0 Å². The predicted molar refractivity (Wildman–Crippen MR) is 119 cm³/mol. The number of hydrogen-bond acceptors (Lipinski definition) is 4. The largest absolute Gasteiger partial charge is 0.487 e. The lowest BCUT2D eigenvalue weighted by Crippen LogP contribution is -2.22. The molecule has 2 amide bonds. The van der Waals surface area contributed by atoms with Crippen LogP contribution in [-0.2, 0) is 9.59 Å². The van der Waals surface area contributed by atoms with E-state index in [0.717, 1.165) is 12.0 Å². The van der Waals surface area contributed by atoms with Crippen LogP contribution in [0.25, 0.3) is 0 Å². The van der Waals surface area contributed by atoms with E-state index in [9.17, 15) is 9.59 Å². The van der Waals surface area contributed by atoms with Crippen molar-refractivity contribution in [2.24, 2.45) is 0 Å². The maximum absolute atomic E-state index is 12.4. The summed E-state index contributed by atoms with van der Waals surface area (Å²) in [7, 11) is 0. The zero-order valence-electron chi connectivity index (χ0n) is 16.7. The molecule has 2 rings (SSSR count). The number of halogens is 1. The third-order valence-corrected chi connectivity index (χ3v) is 4.13. The summed E-state index contributed by atoms with van der Waals surface area (Å²) in [5, 5.41) is 8.99. The van der Waals surface area contributed by atoms with Crippen LogP contribution in [0.4, 0.5) is 17.1 Å². The molecule has 0 radical (unpaired) electrons. The molecule has 0 atom stereocenters. The molecule has 0 fully saturated rings. The molecule has 7 heteroatoms. The monoisotopic (exact) mass is 415 g/mol. The number of nitrogens with one attached hydrogen (secondary N) is 3. The Morgan fingerprint density at radius 1 is 1.07 bits per heavy atom. The lowest BCUT2D eigenvalue weighted by Gasteiger charge is -2.14. The van der Waals surface area contributed by atoms with E-state index in [4.69, 9.17) is 16.3 Å². The minimum Gasteiger partial charge on any atom is -0.487 e. The quantitative estimate of drug-likeness (QED) is 0.472. The fourth-order valence-corrected chi connectivity index (χ4v) is 2.62. The molecule has 6 nitrogen and oxygen atoms in total. The van der Waals surface area contributed by atoms with Gasteiger partial charge in [-0.3, -0.25) is 9.59 Å². The van der Waals surface area contributed by atoms with E-state index < -0.39 is 0 Å². The number of carbonyl (C=O) groups is 2. The summed E-state index contributed by atoms with van der Waals surface area (Å²) in [5.41, 5.74) is 2.61. The minimum absolute atomic E-state index is 0.0240. The first-order valence-corrected chi connectivity index (χ1v) is 9.76. The fourth-order valence-electron chi connectivity index (χ4n) is 2.46. The Labute approximate surface area is 176 Å². The van der Waals surface area contributed by atoms with Gasteiger partial charge in [-0.05, 0) is 49.2 Å². The molecule has 0 spiro atoms. The van der Waals surface area contributed by atoms with E-state index in [1.807, 2.05) is 38.1 Å². The number of anilines is 3. The molecule has 2 aromatic rings. The van der Waals surface area contributed by atoms with Gasteiger partial charge in [-0.25, -0.2) is 0 Å². The van der Waals surface area contributed by atoms with E-state index in [2.05, 4.69) is 22.5 Å². The van der Waals surface area contributed by atoms with Crippen molar-refractivity contribution in [3.05, 3.63) is 59.6 Å². The number of rotatable bonds is 10. The Hall–Kier alpha value is -2.99. The van der Waals surface area contributed by atoms with Gasteiger partial charge in [0, 0.05) is 12.1 Å². The van der Waals surface area contributed by atoms with Crippen LogP contribution in [0, 0.1) is 0 Å². The van der Waals surface area contributed by atoms with Crippen LogP contribution in [0.5, 0.6) is 5.75 Å². The average molecular weight is 416 g/mol. The summed E-state index contributed by atoms with van der Waals surface area (Å²) < 4.78 is 5.69. The molecule has 2 aromatic carbocycles. The maximum atomic E-state index is 12.4. The van der Waals surface area contributed by atoms with Crippen LogP contribution in [-0.4, -0.2) is 25.0 Å². The van der Waals surface area contributed by atoms with Crippen molar-refractivity contribution in [1.29, 1.82) is 0 Å². The van der Waals surface area contributed by atoms with Gasteiger partial charge in [0.05, 0.1) is 22.9 Å². The van der Waals surface area contributed by atoms with Crippen LogP contribution in [0.15, 0.2) is 54.6 Å². The molecule has 154 valence electrons. The molecule has 0 aliphatic rings. The molecule has 0 aliphatic heterocycles. The van der Waals surface area contributed by atoms with Crippen molar-refractivity contribution in [1.82, 2.24) is 0 Å². The first kappa shape index (κ1) is 22.3. The molecule has 0 unspecified atom stereocenters. The van der Waals surface area contributed by atoms with Crippen LogP contribution >= 0.6 is 11.6 Å². The van der Waals surface area contributed by atoms with E-state index in [0.29, 0.717) is 40.9 Å². The van der Waals surface area contributed by atoms with Crippen LogP contribution in [0.3, 0.4) is 0 Å². The van der Waals surface area contributed by atoms with Gasteiger partial charge < -0.3 is 20.7 Å². The van der Waals surface area contributed by atoms with Crippen molar-refractivity contribution >= 4 is 40.5 Å². The molecule has 0 bridgehead atoms. The summed E-state index contributed by atoms with van der Waals surface area (Å²) in [5.74, 6) is 0.278. The topological polar surface area (TPSA) is 79.5 Å². The summed E-state index contributed by atoms with van der Waals surface area (Å²) in [6, 6.07) is 12.3. The van der Waals surface area contributed by atoms with Crippen LogP contribution in [0.2, 0.25) is 5.02 Å². The van der Waals surface area contributed by atoms with E-state index >= 15 is 0 Å². The Kier molecular flexibility index (Phi) is 8.55. The van der Waals surface area contributed by atoms with Gasteiger partial charge in [-0.15, -0.1) is 0 Å². The number of benzene rings is 2. The first-order valence-electron chi connectivity index (χ1n) is 9.38. The highest BCUT2D eigenvalue weighted by molar-refractivity contribution is 6.33. The van der Waals surface area contributed by atoms with Crippen molar-refractivity contribution in [3.63, 3.8) is 0 Å². The summed E-state index contributed by atoms with van der Waals surface area (Å²) >= 11 is 6.18. The van der Waals surface area contributed by atoms with Gasteiger partial charge >= 0.3 is 0 Å². The van der Waals surface area contributed by atoms with Crippen LogP contribution < -0.4 is 20.7 Å². The second-order valence-corrected chi connectivity index (χ2v) is 7.04. The third kappa shape index (κ3) is 7.50. The molecule has 3 N–H and O–H groups in total. The average Bonchev–Trinajstić information content (AvgIpc) is 2.68. The van der Waals surface area contributed by atoms with Crippen molar-refractivity contribution in [3.8, 4) is 5.75 Å². The Morgan fingerprint density at radius 3 is 2.55 bits per heavy atom. The van der Waals surface area contributed by atoms with Crippen molar-refractivity contribution in [2.45, 2.75) is 26.7 Å². The van der Waals surface area contributed by atoms with E-state index in [1.165, 1.54) is 0 Å². The molecule has 0 heterocycles. The molecular formula is C22H26ClN3O3. The zero-order valence-corrected chi connectivity index (χ0v) is 17.4. The summed E-state index contributed by atoms with van der Waals surface area (Å²) in [6.07, 6.45) is 1.19. The standard InChI is InChI=1S/C22H26ClN3O3/c1-4-7-21(27)25-16-10-11-17(23)19(12-16)26-22(28)13-24-18-8-5-6-9-20(18)29-14-15(2)3/h5-6,8-12,24H,2,4,7,13-14H2,1,3H3,(H,25,27)(H,26,28). The molecule has 0 saturated heterocycles. The fraction of sp³-hybridized carbons (Fsp3) is 0.273. The van der Waals surface area contributed by atoms with Crippen LogP contribution in [0.1, 0.15) is 26.7 Å². The number of ether oxygens (including phenoxy) is 1. The van der Waals surface area contributed by atoms with Gasteiger partial charge in [-0.1, -0.05) is 37.2 Å². The number of hydrogen-bond donors (Lipinski definition) is 3. The summed E-state index contributed by atoms with van der Waals surface area (Å²) in [4.78, 5) is 24.1. The Morgan fingerprint density at radius 2 is 1.83 bits per heavy atom. The SMILES string of the molecule is C=C(C)COc1ccccc1NCC(=O)Nc1cc(NC(=O)CCC)ccc1Cl. The van der Waals surface area contributed by atoms with Crippen molar-refractivity contribution in [2.75, 3.05) is 29.1 Å². The maximum Gasteiger partial charge on any atom is 0.243 e. The number of amides is 2. The molecule has 0 aromatic heterocycles. The number of carbonyl (C=O) groups excluding carboxylic acids is 2. The second kappa shape index (κ2) is 11.1. The Bertz CT molecular complexity index is 883. The normalized spacial score (nSPS) is 10.2. The van der Waals surface area contributed by atoms with Crippen molar-refractivity contribution < 1.29 is 14.3 Å².